The van der Waals surface area contributed by atoms with Crippen molar-refractivity contribution in [1.82, 2.24) is 19.7 Å². The van der Waals surface area contributed by atoms with Gasteiger partial charge in [0.05, 0.1) is 13.3 Å². The van der Waals surface area contributed by atoms with Gasteiger partial charge in [0.2, 0.25) is 0 Å². The first-order valence-corrected chi connectivity index (χ1v) is 7.73. The lowest BCUT2D eigenvalue weighted by molar-refractivity contribution is 0.367. The van der Waals surface area contributed by atoms with Crippen LogP contribution in [0.25, 0.3) is 11.5 Å². The van der Waals surface area contributed by atoms with E-state index in [1.807, 2.05) is 25.2 Å². The summed E-state index contributed by atoms with van der Waals surface area (Å²) in [5, 5.41) is 8.84. The zero-order chi connectivity index (χ0) is 15.3. The molecule has 21 heavy (non-hydrogen) atoms. The number of nitrogens with zero attached hydrogens (tertiary/aromatic N) is 4. The Balaban J connectivity index is 2.29. The molecule has 0 fully saturated rings. The standard InChI is InChI=1S/C17H25N4/c1-5-7-9-12-17(3,6-2)16-20-19-15(21(16)4)14-11-8-10-13-18-14/h8,10-11,13H,1,5-7,9,12H2,2-4H3/q+1. The number of hydrogen-bond donors (Lipinski definition) is 0. The van der Waals surface area contributed by atoms with Gasteiger partial charge in [-0.3, -0.25) is 4.98 Å². The zero-order valence-corrected chi connectivity index (χ0v) is 13.3. The Morgan fingerprint density at radius 3 is 2.67 bits per heavy atom. The van der Waals surface area contributed by atoms with E-state index in [1.165, 1.54) is 12.8 Å². The highest BCUT2D eigenvalue weighted by Gasteiger charge is 2.30. The Kier molecular flexibility index (Phi) is 4.99. The quantitative estimate of drug-likeness (QED) is 0.571. The topological polar surface area (TPSA) is 43.6 Å². The first kappa shape index (κ1) is 15.5. The average Bonchev–Trinajstić information content (AvgIpc) is 2.90. The second-order valence-electron chi connectivity index (χ2n) is 5.85. The highest BCUT2D eigenvalue weighted by molar-refractivity contribution is 5.49. The summed E-state index contributed by atoms with van der Waals surface area (Å²) in [6.07, 6.45) is 7.31. The lowest BCUT2D eigenvalue weighted by Crippen LogP contribution is -2.25. The zero-order valence-electron chi connectivity index (χ0n) is 13.3. The molecule has 0 bridgehead atoms. The first-order chi connectivity index (χ1) is 10.1. The molecule has 0 aromatic carbocycles. The summed E-state index contributed by atoms with van der Waals surface area (Å²) in [5.74, 6) is 1.89. The van der Waals surface area contributed by atoms with E-state index in [4.69, 9.17) is 0 Å². The van der Waals surface area contributed by atoms with Gasteiger partial charge < -0.3 is 4.57 Å². The van der Waals surface area contributed by atoms with Gasteiger partial charge in [-0.05, 0) is 37.8 Å². The highest BCUT2D eigenvalue weighted by Crippen LogP contribution is 2.33. The fraction of sp³-hybridized carbons (Fsp3) is 0.529. The number of rotatable bonds is 7. The van der Waals surface area contributed by atoms with Crippen LogP contribution in [-0.4, -0.2) is 19.7 Å². The molecule has 2 aromatic rings. The van der Waals surface area contributed by atoms with E-state index < -0.39 is 0 Å². The van der Waals surface area contributed by atoms with Gasteiger partial charge in [-0.1, -0.05) is 19.9 Å². The number of unbranched alkanes of at least 4 members (excludes halogenated alkanes) is 2. The third-order valence-corrected chi connectivity index (χ3v) is 4.32. The van der Waals surface area contributed by atoms with Crippen LogP contribution in [0.4, 0.5) is 0 Å². The van der Waals surface area contributed by atoms with Crippen LogP contribution in [0.15, 0.2) is 24.4 Å². The fourth-order valence-electron chi connectivity index (χ4n) is 2.71. The number of aromatic nitrogens is 4. The van der Waals surface area contributed by atoms with E-state index in [1.54, 1.807) is 6.20 Å². The Hall–Kier alpha value is -1.84. The molecule has 112 valence electrons. The van der Waals surface area contributed by atoms with Gasteiger partial charge in [0.15, 0.2) is 5.82 Å². The summed E-state index contributed by atoms with van der Waals surface area (Å²) >= 11 is 0. The van der Waals surface area contributed by atoms with Crippen LogP contribution in [-0.2, 0) is 12.5 Å². The van der Waals surface area contributed by atoms with Crippen LogP contribution in [0.5, 0.6) is 0 Å². The van der Waals surface area contributed by atoms with Gasteiger partial charge in [0, 0.05) is 18.7 Å². The monoisotopic (exact) mass is 285 g/mol. The minimum atomic E-state index is 0.0595. The molecule has 0 N–H and O–H groups in total. The van der Waals surface area contributed by atoms with Crippen molar-refractivity contribution >= 4 is 0 Å². The van der Waals surface area contributed by atoms with Crippen molar-refractivity contribution in [3.8, 4) is 11.5 Å². The molecule has 1 unspecified atom stereocenters. The second-order valence-corrected chi connectivity index (χ2v) is 5.85. The molecule has 4 nitrogen and oxygen atoms in total. The maximum atomic E-state index is 4.47. The third kappa shape index (κ3) is 3.26. The van der Waals surface area contributed by atoms with Crippen LogP contribution in [0, 0.1) is 6.92 Å². The van der Waals surface area contributed by atoms with Crippen molar-refractivity contribution in [1.29, 1.82) is 0 Å². The van der Waals surface area contributed by atoms with Crippen LogP contribution in [0.1, 0.15) is 51.8 Å². The van der Waals surface area contributed by atoms with E-state index in [0.717, 1.165) is 36.6 Å². The van der Waals surface area contributed by atoms with E-state index >= 15 is 0 Å². The van der Waals surface area contributed by atoms with E-state index in [-0.39, 0.29) is 5.41 Å². The molecule has 1 atom stereocenters. The molecule has 0 spiro atoms. The molecule has 0 aliphatic rings. The third-order valence-electron chi connectivity index (χ3n) is 4.32. The molecular formula is C17H25N4+. The molecule has 4 heteroatoms. The van der Waals surface area contributed by atoms with Gasteiger partial charge in [-0.25, -0.2) is 0 Å². The summed E-state index contributed by atoms with van der Waals surface area (Å²) in [6, 6.07) is 5.86. The normalized spacial score (nSPS) is 14.0. The van der Waals surface area contributed by atoms with Gasteiger partial charge in [-0.2, -0.15) is 0 Å². The Morgan fingerprint density at radius 1 is 1.24 bits per heavy atom. The number of hydrogen-bond acceptors (Lipinski definition) is 3. The SMILES string of the molecule is [CH2+]CCCCC(C)(CC)c1nnc(-c2ccccn2)n1C. The lowest BCUT2D eigenvalue weighted by atomic mass is 9.81. The smallest absolute Gasteiger partial charge is 0.182 e. The first-order valence-electron chi connectivity index (χ1n) is 7.73. The van der Waals surface area contributed by atoms with Crippen LogP contribution < -0.4 is 0 Å². The van der Waals surface area contributed by atoms with Gasteiger partial charge in [-0.15, -0.1) is 10.2 Å². The van der Waals surface area contributed by atoms with Gasteiger partial charge >= 0.3 is 0 Å². The summed E-state index contributed by atoms with van der Waals surface area (Å²) in [7, 11) is 2.04. The summed E-state index contributed by atoms with van der Waals surface area (Å²) in [6.45, 7) is 8.43. The highest BCUT2D eigenvalue weighted by atomic mass is 15.3. The van der Waals surface area contributed by atoms with Crippen molar-refractivity contribution in [2.45, 2.75) is 51.4 Å². The summed E-state index contributed by atoms with van der Waals surface area (Å²) in [4.78, 5) is 4.37. The molecule has 2 heterocycles. The molecule has 0 amide bonds. The van der Waals surface area contributed by atoms with E-state index in [0.29, 0.717) is 0 Å². The van der Waals surface area contributed by atoms with E-state index in [9.17, 15) is 0 Å². The summed E-state index contributed by atoms with van der Waals surface area (Å²) < 4.78 is 2.09. The summed E-state index contributed by atoms with van der Waals surface area (Å²) in [5.41, 5.74) is 0.930. The number of pyridine rings is 1. The molecule has 0 saturated carbocycles. The minimum absolute atomic E-state index is 0.0595. The average molecular weight is 285 g/mol. The molecule has 0 radical (unpaired) electrons. The second kappa shape index (κ2) is 6.74. The van der Waals surface area contributed by atoms with Crippen molar-refractivity contribution < 1.29 is 0 Å². The molecule has 0 saturated heterocycles. The predicted octanol–water partition coefficient (Wildman–Crippen LogP) is 3.94. The van der Waals surface area contributed by atoms with Gasteiger partial charge in [0.25, 0.3) is 0 Å². The van der Waals surface area contributed by atoms with Crippen molar-refractivity contribution in [3.63, 3.8) is 0 Å². The largest absolute Gasteiger partial charge is 0.312 e. The van der Waals surface area contributed by atoms with Crippen molar-refractivity contribution in [2.75, 3.05) is 0 Å². The Morgan fingerprint density at radius 2 is 2.05 bits per heavy atom. The molecule has 0 aliphatic carbocycles. The van der Waals surface area contributed by atoms with Crippen LogP contribution in [0.2, 0.25) is 0 Å². The van der Waals surface area contributed by atoms with Crippen LogP contribution >= 0.6 is 0 Å². The fourth-order valence-corrected chi connectivity index (χ4v) is 2.71. The molecule has 2 aromatic heterocycles. The minimum Gasteiger partial charge on any atom is -0.312 e. The molecular weight excluding hydrogens is 260 g/mol. The van der Waals surface area contributed by atoms with Gasteiger partial charge in [0.1, 0.15) is 11.5 Å². The maximum absolute atomic E-state index is 4.47. The van der Waals surface area contributed by atoms with Crippen molar-refractivity contribution in [2.24, 2.45) is 7.05 Å². The van der Waals surface area contributed by atoms with Crippen molar-refractivity contribution in [3.05, 3.63) is 37.1 Å². The predicted molar refractivity (Wildman–Crippen MR) is 85.7 cm³/mol. The molecule has 0 aliphatic heterocycles. The Bertz CT molecular complexity index is 561. The Labute approximate surface area is 127 Å². The molecule has 2 rings (SSSR count). The van der Waals surface area contributed by atoms with E-state index in [2.05, 4.69) is 40.5 Å². The van der Waals surface area contributed by atoms with Crippen LogP contribution in [0.3, 0.4) is 0 Å². The maximum Gasteiger partial charge on any atom is 0.182 e. The lowest BCUT2D eigenvalue weighted by Gasteiger charge is -2.27.